The topological polar surface area (TPSA) is 44.8 Å². The van der Waals surface area contributed by atoms with E-state index in [1.54, 1.807) is 37.3 Å². The zero-order chi connectivity index (χ0) is 20.9. The summed E-state index contributed by atoms with van der Waals surface area (Å²) in [7, 11) is -4.30. The molecule has 156 valence electrons. The maximum Gasteiger partial charge on any atom is 0.532 e. The summed E-state index contributed by atoms with van der Waals surface area (Å²) in [5.41, 5.74) is -2.19. The third-order valence-electron chi connectivity index (χ3n) is 3.16. The van der Waals surface area contributed by atoms with Crippen molar-refractivity contribution < 1.29 is 18.1 Å². The molecular formula is C14H15Br3Cl5O4P. The smallest absolute Gasteiger partial charge is 0.404 e. The molecule has 5 atom stereocenters. The number of benzene rings is 1. The SMILES string of the molecule is CC(CCl)(CCl)C(Br)OP(=O)(Oc1ccccc1)OC(Cl)C(Cl)(Br)C(Cl)Br. The number of phosphoric acid groups is 1. The molecule has 27 heavy (non-hydrogen) atoms. The third-order valence-corrected chi connectivity index (χ3v) is 11.9. The van der Waals surface area contributed by atoms with Gasteiger partial charge in [0.2, 0.25) is 0 Å². The van der Waals surface area contributed by atoms with E-state index in [2.05, 4.69) is 47.8 Å². The van der Waals surface area contributed by atoms with E-state index in [-0.39, 0.29) is 17.5 Å². The first-order valence-corrected chi connectivity index (χ1v) is 13.6. The van der Waals surface area contributed by atoms with Crippen molar-refractivity contribution in [2.24, 2.45) is 5.41 Å². The van der Waals surface area contributed by atoms with Gasteiger partial charge in [-0.15, -0.1) is 34.8 Å². The van der Waals surface area contributed by atoms with Crippen LogP contribution in [0, 0.1) is 5.41 Å². The maximum atomic E-state index is 13.3. The van der Waals surface area contributed by atoms with Crippen molar-refractivity contribution in [1.29, 1.82) is 0 Å². The lowest BCUT2D eigenvalue weighted by atomic mass is 9.98. The fraction of sp³-hybridized carbons (Fsp3) is 0.571. The van der Waals surface area contributed by atoms with Crippen molar-refractivity contribution in [3.63, 3.8) is 0 Å². The van der Waals surface area contributed by atoms with Gasteiger partial charge in [0.05, 0.1) is 0 Å². The Morgan fingerprint density at radius 2 is 1.63 bits per heavy atom. The first-order valence-electron chi connectivity index (χ1n) is 7.17. The minimum atomic E-state index is -4.30. The number of alkyl halides is 8. The Bertz CT molecular complexity index is 620. The molecule has 0 heterocycles. The molecule has 1 aromatic carbocycles. The second-order valence-electron chi connectivity index (χ2n) is 5.59. The molecule has 0 saturated heterocycles. The first kappa shape index (κ1) is 27.1. The Kier molecular flexibility index (Phi) is 11.7. The van der Waals surface area contributed by atoms with Gasteiger partial charge in [0, 0.05) is 17.2 Å². The molecule has 0 aliphatic heterocycles. The van der Waals surface area contributed by atoms with E-state index >= 15 is 0 Å². The summed E-state index contributed by atoms with van der Waals surface area (Å²) in [6.45, 7) is 1.74. The lowest BCUT2D eigenvalue weighted by molar-refractivity contribution is 0.0938. The molecule has 1 aromatic rings. The summed E-state index contributed by atoms with van der Waals surface area (Å²) in [4.78, 5) is 0. The molecule has 5 unspecified atom stereocenters. The summed E-state index contributed by atoms with van der Waals surface area (Å²) >= 11 is 39.7. The van der Waals surface area contributed by atoms with Crippen LogP contribution in [0.5, 0.6) is 5.75 Å². The lowest BCUT2D eigenvalue weighted by Crippen LogP contribution is -2.36. The van der Waals surface area contributed by atoms with Crippen LogP contribution in [0.1, 0.15) is 6.92 Å². The zero-order valence-electron chi connectivity index (χ0n) is 13.6. The van der Waals surface area contributed by atoms with Gasteiger partial charge in [-0.05, 0) is 12.1 Å². The molecule has 4 nitrogen and oxygen atoms in total. The molecule has 0 spiro atoms. The second-order valence-corrected chi connectivity index (χ2v) is 13.1. The molecule has 0 amide bonds. The Morgan fingerprint density at radius 1 is 1.11 bits per heavy atom. The molecule has 0 fully saturated rings. The van der Waals surface area contributed by atoms with Crippen LogP contribution in [0.3, 0.4) is 0 Å². The second kappa shape index (κ2) is 11.6. The first-order chi connectivity index (χ1) is 12.4. The monoisotopic (exact) mass is 690 g/mol. The van der Waals surface area contributed by atoms with Gasteiger partial charge in [0.1, 0.15) is 15.0 Å². The van der Waals surface area contributed by atoms with E-state index in [0.29, 0.717) is 0 Å². The zero-order valence-corrected chi connectivity index (χ0v) is 23.1. The van der Waals surface area contributed by atoms with Crippen molar-refractivity contribution in [1.82, 2.24) is 0 Å². The van der Waals surface area contributed by atoms with Crippen LogP contribution in [-0.2, 0) is 13.6 Å². The molecule has 0 aromatic heterocycles. The van der Waals surface area contributed by atoms with E-state index in [1.807, 2.05) is 0 Å². The van der Waals surface area contributed by atoms with Gasteiger partial charge in [-0.25, -0.2) is 4.57 Å². The molecule has 0 radical (unpaired) electrons. The van der Waals surface area contributed by atoms with Crippen LogP contribution in [0.15, 0.2) is 30.3 Å². The van der Waals surface area contributed by atoms with Crippen LogP contribution in [0.4, 0.5) is 0 Å². The van der Waals surface area contributed by atoms with Gasteiger partial charge in [0.15, 0.2) is 9.35 Å². The van der Waals surface area contributed by atoms with Gasteiger partial charge < -0.3 is 4.52 Å². The molecule has 1 rings (SSSR count). The lowest BCUT2D eigenvalue weighted by Gasteiger charge is -2.34. The molecular weight excluding hydrogens is 680 g/mol. The van der Waals surface area contributed by atoms with E-state index < -0.39 is 31.9 Å². The van der Waals surface area contributed by atoms with Crippen molar-refractivity contribution in [2.45, 2.75) is 25.6 Å². The number of rotatable bonds is 11. The predicted molar refractivity (Wildman–Crippen MR) is 125 cm³/mol. The maximum absolute atomic E-state index is 13.3. The van der Waals surface area contributed by atoms with E-state index in [4.69, 9.17) is 71.6 Å². The molecule has 0 aliphatic rings. The van der Waals surface area contributed by atoms with Gasteiger partial charge in [0.25, 0.3) is 0 Å². The van der Waals surface area contributed by atoms with Crippen LogP contribution >= 0.6 is 114 Å². The Morgan fingerprint density at radius 3 is 2.07 bits per heavy atom. The quantitative estimate of drug-likeness (QED) is 0.173. The van der Waals surface area contributed by atoms with Gasteiger partial charge in [-0.3, -0.25) is 9.05 Å². The van der Waals surface area contributed by atoms with Crippen molar-refractivity contribution >= 4 is 114 Å². The molecule has 0 bridgehead atoms. The number of hydrogen-bond acceptors (Lipinski definition) is 4. The predicted octanol–water partition coefficient (Wildman–Crippen LogP) is 8.27. The molecule has 0 aliphatic carbocycles. The third kappa shape index (κ3) is 7.92. The van der Waals surface area contributed by atoms with E-state index in [9.17, 15) is 4.57 Å². The minimum Gasteiger partial charge on any atom is -0.404 e. The molecule has 0 saturated carbocycles. The fourth-order valence-electron chi connectivity index (χ4n) is 1.36. The summed E-state index contributed by atoms with van der Waals surface area (Å²) < 4.78 is 27.4. The van der Waals surface area contributed by atoms with E-state index in [0.717, 1.165) is 0 Å². The molecule has 13 heteroatoms. The van der Waals surface area contributed by atoms with Crippen molar-refractivity contribution in [2.75, 3.05) is 11.8 Å². The highest BCUT2D eigenvalue weighted by Gasteiger charge is 2.48. The number of halogens is 8. The van der Waals surface area contributed by atoms with Crippen LogP contribution in [-0.4, -0.2) is 30.4 Å². The summed E-state index contributed by atoms with van der Waals surface area (Å²) in [5, 5.41) is -0.880. The van der Waals surface area contributed by atoms with Crippen LogP contribution < -0.4 is 4.52 Å². The van der Waals surface area contributed by atoms with Gasteiger partial charge >= 0.3 is 7.82 Å². The number of hydrogen-bond donors (Lipinski definition) is 0. The minimum absolute atomic E-state index is 0.116. The number of para-hydroxylation sites is 1. The summed E-state index contributed by atoms with van der Waals surface area (Å²) in [6.07, 6.45) is 0. The Hall–Kier alpha value is 2.06. The van der Waals surface area contributed by atoms with Crippen LogP contribution in [0.25, 0.3) is 0 Å². The standard InChI is InChI=1S/C14H15Br3Cl5O4P/c1-13(7-18,8-19)11(16)25-27(23,24-9-5-3-2-4-6-9)26-12(21)14(17,22)10(15)20/h2-6,10-12H,7-8H2,1H3. The highest BCUT2D eigenvalue weighted by molar-refractivity contribution is 9.13. The van der Waals surface area contributed by atoms with Crippen LogP contribution in [0.2, 0.25) is 0 Å². The van der Waals surface area contributed by atoms with Crippen molar-refractivity contribution in [3.05, 3.63) is 30.3 Å². The normalized spacial score (nSPS) is 20.2. The van der Waals surface area contributed by atoms with E-state index in [1.165, 1.54) is 0 Å². The largest absolute Gasteiger partial charge is 0.532 e. The average Bonchev–Trinajstić information content (AvgIpc) is 2.61. The highest BCUT2D eigenvalue weighted by Crippen LogP contribution is 2.57. The Labute approximate surface area is 208 Å². The van der Waals surface area contributed by atoms with Crippen molar-refractivity contribution in [3.8, 4) is 5.75 Å². The molecule has 0 N–H and O–H groups in total. The fourth-order valence-corrected chi connectivity index (χ4v) is 5.96. The Balaban J connectivity index is 3.14. The highest BCUT2D eigenvalue weighted by atomic mass is 79.9. The number of phosphoric ester groups is 1. The average molecular weight is 695 g/mol. The summed E-state index contributed by atoms with van der Waals surface area (Å²) in [6, 6.07) is 8.29. The van der Waals surface area contributed by atoms with Gasteiger partial charge in [-0.2, -0.15) is 0 Å². The van der Waals surface area contributed by atoms with Gasteiger partial charge in [-0.1, -0.05) is 96.1 Å². The summed E-state index contributed by atoms with van der Waals surface area (Å²) in [5.74, 6) is 0.467.